The molecule has 12 heavy (non-hydrogen) atoms. The van der Waals surface area contributed by atoms with E-state index in [0.717, 1.165) is 4.47 Å². The molecule has 2 nitrogen and oxygen atoms in total. The lowest BCUT2D eigenvalue weighted by Gasteiger charge is -2.09. The molecule has 0 aromatic heterocycles. The molecule has 3 heteroatoms. The Morgan fingerprint density at radius 1 is 1.67 bits per heavy atom. The van der Waals surface area contributed by atoms with Crippen LogP contribution in [0.2, 0.25) is 0 Å². The van der Waals surface area contributed by atoms with Gasteiger partial charge >= 0.3 is 0 Å². The van der Waals surface area contributed by atoms with Crippen LogP contribution in [0, 0.1) is 0 Å². The summed E-state index contributed by atoms with van der Waals surface area (Å²) in [5.74, 6) is 0. The van der Waals surface area contributed by atoms with Crippen LogP contribution in [0.3, 0.4) is 0 Å². The van der Waals surface area contributed by atoms with E-state index in [1.807, 2.05) is 6.07 Å². The molecule has 0 fully saturated rings. The van der Waals surface area contributed by atoms with Crippen molar-refractivity contribution in [3.63, 3.8) is 0 Å². The molecular formula is C9H12BrNO. The number of aliphatic hydroxyl groups is 1. The molecule has 1 aromatic rings. The van der Waals surface area contributed by atoms with Crippen LogP contribution in [0.1, 0.15) is 19.4 Å². The Hall–Kier alpha value is -0.380. The predicted molar refractivity (Wildman–Crippen MR) is 52.8 cm³/mol. The second-order valence-corrected chi connectivity index (χ2v) is 3.41. The summed E-state index contributed by atoms with van der Waals surface area (Å²) in [5.41, 5.74) is 5.86. The van der Waals surface area contributed by atoms with Crippen LogP contribution in [0.25, 0.3) is 0 Å². The highest BCUT2D eigenvalue weighted by Gasteiger charge is 2.05. The Morgan fingerprint density at radius 3 is 3.00 bits per heavy atom. The van der Waals surface area contributed by atoms with Gasteiger partial charge in [0.15, 0.2) is 0 Å². The van der Waals surface area contributed by atoms with Gasteiger partial charge in [-0.3, -0.25) is 0 Å². The molecule has 3 N–H and O–H groups in total. The summed E-state index contributed by atoms with van der Waals surface area (Å²) < 4.78 is 8.47. The summed E-state index contributed by atoms with van der Waals surface area (Å²) in [6, 6.07) is 7.08. The van der Waals surface area contributed by atoms with Crippen LogP contribution in [-0.4, -0.2) is 11.7 Å². The summed E-state index contributed by atoms with van der Waals surface area (Å²) in [6.07, 6.45) is -1.33. The minimum absolute atomic E-state index is 0.240. The normalized spacial score (nSPS) is 16.8. The molecule has 0 saturated carbocycles. The highest BCUT2D eigenvalue weighted by Crippen LogP contribution is 2.19. The molecule has 0 aliphatic rings. The van der Waals surface area contributed by atoms with E-state index in [4.69, 9.17) is 7.10 Å². The number of rotatable bonds is 3. The molecule has 1 rings (SSSR count). The molecule has 1 atom stereocenters. The Kier molecular flexibility index (Phi) is 3.15. The first kappa shape index (κ1) is 8.23. The molecule has 0 aliphatic heterocycles. The number of hydrogen-bond donors (Lipinski definition) is 2. The van der Waals surface area contributed by atoms with E-state index in [9.17, 15) is 5.11 Å². The largest absolute Gasteiger partial charge is 0.388 e. The summed E-state index contributed by atoms with van der Waals surface area (Å²) in [4.78, 5) is 0. The van der Waals surface area contributed by atoms with Crippen molar-refractivity contribution in [1.29, 1.82) is 0 Å². The first-order chi connectivity index (χ1) is 6.06. The van der Waals surface area contributed by atoms with E-state index >= 15 is 0 Å². The average Bonchev–Trinajstić information content (AvgIpc) is 2.04. The van der Waals surface area contributed by atoms with Crippen molar-refractivity contribution in [1.82, 2.24) is 0 Å². The number of halogens is 1. The molecule has 0 spiro atoms. The Labute approximate surface area is 81.9 Å². The third kappa shape index (κ3) is 2.59. The van der Waals surface area contributed by atoms with Gasteiger partial charge in [0.25, 0.3) is 0 Å². The van der Waals surface area contributed by atoms with Gasteiger partial charge in [0.05, 0.1) is 7.45 Å². The lowest BCUT2D eigenvalue weighted by molar-refractivity contribution is 0.170. The highest BCUT2D eigenvalue weighted by atomic mass is 79.9. The molecule has 1 unspecified atom stereocenters. The zero-order chi connectivity index (χ0) is 9.90. The maximum Gasteiger partial charge on any atom is 0.0802 e. The first-order valence-electron chi connectivity index (χ1n) is 4.25. The van der Waals surface area contributed by atoms with Gasteiger partial charge in [-0.1, -0.05) is 28.1 Å². The Bertz CT molecular complexity index is 291. The fourth-order valence-electron chi connectivity index (χ4n) is 0.949. The fourth-order valence-corrected chi connectivity index (χ4v) is 1.35. The van der Waals surface area contributed by atoms with Gasteiger partial charge in [0, 0.05) is 4.47 Å². The molecule has 0 aliphatic carbocycles. The van der Waals surface area contributed by atoms with Crippen LogP contribution in [0.5, 0.6) is 0 Å². The lowest BCUT2D eigenvalue weighted by Crippen LogP contribution is -2.06. The van der Waals surface area contributed by atoms with Crippen molar-refractivity contribution in [3.8, 4) is 0 Å². The fraction of sp³-hybridized carbons (Fsp3) is 0.333. The highest BCUT2D eigenvalue weighted by molar-refractivity contribution is 9.10. The molecule has 0 heterocycles. The molecule has 0 bridgehead atoms. The third-order valence-electron chi connectivity index (χ3n) is 1.54. The third-order valence-corrected chi connectivity index (χ3v) is 2.03. The van der Waals surface area contributed by atoms with Crippen molar-refractivity contribution in [2.24, 2.45) is 5.73 Å². The van der Waals surface area contributed by atoms with Crippen molar-refractivity contribution < 1.29 is 6.48 Å². The Balaban J connectivity index is 2.93. The Morgan fingerprint density at radius 2 is 2.42 bits per heavy atom. The topological polar surface area (TPSA) is 46.2 Å². The standard InChI is InChI=1S/C9H12BrNO/c10-8-3-1-2-7(6-8)9(12)4-5-11/h1-3,6,9,12H,4-5,11H2/i9D. The maximum absolute atomic E-state index is 9.68. The zero-order valence-corrected chi connectivity index (χ0v) is 8.21. The van der Waals surface area contributed by atoms with E-state index in [1.54, 1.807) is 18.2 Å². The summed E-state index contributed by atoms with van der Waals surface area (Å²) in [6.45, 7) is 0.298. The summed E-state index contributed by atoms with van der Waals surface area (Å²) >= 11 is 3.28. The second kappa shape index (κ2) is 4.60. The number of benzene rings is 1. The van der Waals surface area contributed by atoms with E-state index in [-0.39, 0.29) is 6.42 Å². The smallest absolute Gasteiger partial charge is 0.0802 e. The number of hydrogen-bond acceptors (Lipinski definition) is 2. The van der Waals surface area contributed by atoms with Crippen LogP contribution in [0.4, 0.5) is 0 Å². The monoisotopic (exact) mass is 230 g/mol. The predicted octanol–water partition coefficient (Wildman–Crippen LogP) is 1.83. The SMILES string of the molecule is [2H]C(O)(CCN)c1cccc(Br)c1. The molecule has 0 saturated heterocycles. The van der Waals surface area contributed by atoms with Crippen molar-refractivity contribution in [3.05, 3.63) is 34.3 Å². The van der Waals surface area contributed by atoms with Gasteiger partial charge in [0.2, 0.25) is 0 Å². The maximum atomic E-state index is 9.68. The van der Waals surface area contributed by atoms with Gasteiger partial charge in [0.1, 0.15) is 0 Å². The molecule has 1 aromatic carbocycles. The van der Waals surface area contributed by atoms with Gasteiger partial charge in [-0.2, -0.15) is 0 Å². The van der Waals surface area contributed by atoms with E-state index in [2.05, 4.69) is 15.9 Å². The van der Waals surface area contributed by atoms with E-state index < -0.39 is 6.08 Å². The van der Waals surface area contributed by atoms with Gasteiger partial charge in [-0.25, -0.2) is 0 Å². The van der Waals surface area contributed by atoms with Crippen LogP contribution < -0.4 is 5.73 Å². The quantitative estimate of drug-likeness (QED) is 0.833. The minimum Gasteiger partial charge on any atom is -0.388 e. The van der Waals surface area contributed by atoms with E-state index in [1.165, 1.54) is 0 Å². The van der Waals surface area contributed by atoms with Crippen molar-refractivity contribution in [2.45, 2.75) is 12.5 Å². The van der Waals surface area contributed by atoms with Crippen LogP contribution in [-0.2, 0) is 0 Å². The first-order valence-corrected chi connectivity index (χ1v) is 4.54. The van der Waals surface area contributed by atoms with Crippen LogP contribution >= 0.6 is 15.9 Å². The zero-order valence-electron chi connectivity index (χ0n) is 7.63. The van der Waals surface area contributed by atoms with Gasteiger partial charge < -0.3 is 10.8 Å². The second-order valence-electron chi connectivity index (χ2n) is 2.50. The molecular weight excluding hydrogens is 218 g/mol. The summed E-state index contributed by atoms with van der Waals surface area (Å²) in [7, 11) is 0. The summed E-state index contributed by atoms with van der Waals surface area (Å²) in [5, 5.41) is 9.68. The molecule has 0 radical (unpaired) electrons. The average molecular weight is 231 g/mol. The van der Waals surface area contributed by atoms with Crippen molar-refractivity contribution in [2.75, 3.05) is 6.54 Å². The van der Waals surface area contributed by atoms with Gasteiger partial charge in [-0.05, 0) is 30.7 Å². The van der Waals surface area contributed by atoms with Crippen molar-refractivity contribution >= 4 is 15.9 Å². The lowest BCUT2D eigenvalue weighted by atomic mass is 10.1. The van der Waals surface area contributed by atoms with E-state index in [0.29, 0.717) is 12.1 Å². The van der Waals surface area contributed by atoms with Gasteiger partial charge in [-0.15, -0.1) is 0 Å². The van der Waals surface area contributed by atoms with Crippen LogP contribution in [0.15, 0.2) is 28.7 Å². The number of nitrogens with two attached hydrogens (primary N) is 1. The minimum atomic E-state index is -1.57. The molecule has 0 amide bonds. The molecule has 66 valence electrons.